The van der Waals surface area contributed by atoms with Crippen LogP contribution in [0.4, 0.5) is 0 Å². The van der Waals surface area contributed by atoms with Gasteiger partial charge >= 0.3 is 17.1 Å². The van der Waals surface area contributed by atoms with Crippen molar-refractivity contribution in [1.29, 1.82) is 0 Å². The van der Waals surface area contributed by atoms with Crippen LogP contribution in [0.1, 0.15) is 0 Å². The van der Waals surface area contributed by atoms with Gasteiger partial charge in [0.15, 0.2) is 0 Å². The van der Waals surface area contributed by atoms with Gasteiger partial charge in [-0.05, 0) is 6.29 Å². The summed E-state index contributed by atoms with van der Waals surface area (Å²) in [5.74, 6) is 0. The number of allylic oxidation sites excluding steroid dienone is 1. The fourth-order valence-corrected chi connectivity index (χ4v) is 0. The first kappa shape index (κ1) is 8.87. The summed E-state index contributed by atoms with van der Waals surface area (Å²) in [6.45, 7) is 3.06. The molecule has 5 heavy (non-hydrogen) atoms. The van der Waals surface area contributed by atoms with Gasteiger partial charge in [-0.1, -0.05) is 0 Å². The van der Waals surface area contributed by atoms with Crippen LogP contribution in [0.5, 0.6) is 0 Å². The summed E-state index contributed by atoms with van der Waals surface area (Å²) in [7, 11) is 0. The maximum Gasteiger partial charge on any atom is 1.00 e. The molecule has 0 aromatic rings. The van der Waals surface area contributed by atoms with Crippen molar-refractivity contribution in [3.05, 3.63) is 12.7 Å². The maximum atomic E-state index is 8.93. The minimum atomic E-state index is 0. The van der Waals surface area contributed by atoms with E-state index in [0.717, 1.165) is 6.08 Å². The van der Waals surface area contributed by atoms with Crippen LogP contribution >= 0.6 is 0 Å². The van der Waals surface area contributed by atoms with Crippen molar-refractivity contribution in [1.82, 2.24) is 0 Å². The Bertz CT molecular complexity index is 27.9. The van der Waals surface area contributed by atoms with Crippen LogP contribution < -0.4 is 0 Å². The van der Waals surface area contributed by atoms with Crippen molar-refractivity contribution in [3.63, 3.8) is 0 Å². The number of hydrogen-bond acceptors (Lipinski definition) is 1. The first-order valence-corrected chi connectivity index (χ1v) is 0.901. The summed E-state index contributed by atoms with van der Waals surface area (Å²) in [6, 6.07) is 0. The van der Waals surface area contributed by atoms with Gasteiger partial charge in [0.05, 0.1) is 0 Å². The number of hydrogen-bond donors (Lipinski definition) is 0. The number of carbonyl (C=O) groups excluding carboxylic acids is 1. The molecule has 0 aliphatic heterocycles. The zero-order valence-electron chi connectivity index (χ0n) is 2.49. The second-order valence-corrected chi connectivity index (χ2v) is 0.322. The molecule has 0 radical (unpaired) electrons. The van der Waals surface area contributed by atoms with E-state index in [2.05, 4.69) is 6.58 Å². The van der Waals surface area contributed by atoms with Crippen LogP contribution in [0.15, 0.2) is 12.7 Å². The minimum absolute atomic E-state index is 0. The van der Waals surface area contributed by atoms with Crippen molar-refractivity contribution in [2.75, 3.05) is 0 Å². The summed E-state index contributed by atoms with van der Waals surface area (Å²) in [5.41, 5.74) is 0. The second kappa shape index (κ2) is 9.06. The molecular weight excluding hydrogens is 116 g/mol. The average Bonchev–Trinajstić information content (AvgIpc) is 1.37. The molecule has 0 heterocycles. The zero-order valence-corrected chi connectivity index (χ0v) is 3.44. The largest absolute Gasteiger partial charge is 1.00 e. The summed E-state index contributed by atoms with van der Waals surface area (Å²) in [4.78, 5) is 8.93. The Kier molecular flexibility index (Phi) is 16.1. The topological polar surface area (TPSA) is 17.1 Å². The summed E-state index contributed by atoms with van der Waals surface area (Å²) in [5, 5.41) is 0. The van der Waals surface area contributed by atoms with E-state index < -0.39 is 0 Å². The Morgan fingerprint density at radius 1 is 1.80 bits per heavy atom. The Hall–Kier alpha value is -0.0705. The third-order valence-electron chi connectivity index (χ3n) is 0.0833. The van der Waals surface area contributed by atoms with Crippen LogP contribution in [-0.2, 0) is 21.9 Å². The van der Waals surface area contributed by atoms with Crippen molar-refractivity contribution in [3.8, 4) is 0 Å². The van der Waals surface area contributed by atoms with E-state index in [0.29, 0.717) is 0 Å². The molecule has 0 bridgehead atoms. The standard InChI is InChI=1S/C3H3O.Cu/c1-2-3-4;/h2H,1H2;/q-1;+1. The number of rotatable bonds is 1. The van der Waals surface area contributed by atoms with Gasteiger partial charge in [-0.15, -0.1) is 0 Å². The van der Waals surface area contributed by atoms with Crippen LogP contribution in [0.3, 0.4) is 0 Å². The molecule has 0 aromatic heterocycles. The van der Waals surface area contributed by atoms with E-state index in [1.165, 1.54) is 6.29 Å². The van der Waals surface area contributed by atoms with Crippen molar-refractivity contribution >= 4 is 6.29 Å². The molecular formula is C3H3CuO. The van der Waals surface area contributed by atoms with Crippen molar-refractivity contribution in [2.24, 2.45) is 0 Å². The molecule has 0 aliphatic rings. The molecule has 0 saturated heterocycles. The molecule has 0 aliphatic carbocycles. The summed E-state index contributed by atoms with van der Waals surface area (Å²) < 4.78 is 0. The molecule has 0 spiro atoms. The van der Waals surface area contributed by atoms with Gasteiger partial charge < -0.3 is 4.79 Å². The minimum Gasteiger partial charge on any atom is -0.419 e. The van der Waals surface area contributed by atoms with E-state index in [1.807, 2.05) is 0 Å². The van der Waals surface area contributed by atoms with Gasteiger partial charge in [-0.25, -0.2) is 12.7 Å². The van der Waals surface area contributed by atoms with Gasteiger partial charge in [-0.3, -0.25) is 0 Å². The Morgan fingerprint density at radius 2 is 2.00 bits per heavy atom. The normalized spacial score (nSPS) is 4.00. The molecule has 0 atom stereocenters. The van der Waals surface area contributed by atoms with E-state index in [-0.39, 0.29) is 17.1 Å². The molecule has 0 N–H and O–H groups in total. The molecule has 0 fully saturated rings. The van der Waals surface area contributed by atoms with Crippen LogP contribution in [-0.4, -0.2) is 6.29 Å². The van der Waals surface area contributed by atoms with Gasteiger partial charge in [-0.2, -0.15) is 0 Å². The van der Waals surface area contributed by atoms with Crippen LogP contribution in [0.25, 0.3) is 0 Å². The van der Waals surface area contributed by atoms with Crippen LogP contribution in [0.2, 0.25) is 0 Å². The third-order valence-corrected chi connectivity index (χ3v) is 0.0833. The summed E-state index contributed by atoms with van der Waals surface area (Å²) >= 11 is 0. The predicted octanol–water partition coefficient (Wildman–Crippen LogP) is 0.280. The molecule has 0 aromatic carbocycles. The van der Waals surface area contributed by atoms with Gasteiger partial charge in [0, 0.05) is 0 Å². The fourth-order valence-electron chi connectivity index (χ4n) is 0. The van der Waals surface area contributed by atoms with Crippen LogP contribution in [0, 0.1) is 0 Å². The van der Waals surface area contributed by atoms with E-state index in [4.69, 9.17) is 4.79 Å². The average molecular weight is 119 g/mol. The van der Waals surface area contributed by atoms with Gasteiger partial charge in [0.1, 0.15) is 0 Å². The molecule has 0 unspecified atom stereocenters. The van der Waals surface area contributed by atoms with E-state index in [9.17, 15) is 0 Å². The van der Waals surface area contributed by atoms with Crippen molar-refractivity contribution < 1.29 is 21.9 Å². The third kappa shape index (κ3) is 16.9. The second-order valence-electron chi connectivity index (χ2n) is 0.322. The maximum absolute atomic E-state index is 8.93. The molecule has 1 nitrogen and oxygen atoms in total. The van der Waals surface area contributed by atoms with Gasteiger partial charge in [0.2, 0.25) is 0 Å². The SMILES string of the molecule is C=C[C-]=O.[Cu+]. The first-order chi connectivity index (χ1) is 1.91. The molecule has 2 heteroatoms. The van der Waals surface area contributed by atoms with E-state index >= 15 is 0 Å². The molecule has 32 valence electrons. The summed E-state index contributed by atoms with van der Waals surface area (Å²) in [6.07, 6.45) is 2.51. The molecule has 0 amide bonds. The first-order valence-electron chi connectivity index (χ1n) is 0.901. The van der Waals surface area contributed by atoms with Crippen molar-refractivity contribution in [2.45, 2.75) is 0 Å². The molecule has 0 rings (SSSR count). The van der Waals surface area contributed by atoms with E-state index in [1.54, 1.807) is 0 Å². The quantitative estimate of drug-likeness (QED) is 0.275. The fraction of sp³-hybridized carbons (Fsp3) is 0. The van der Waals surface area contributed by atoms with Gasteiger partial charge in [0.25, 0.3) is 0 Å². The predicted molar refractivity (Wildman–Crippen MR) is 15.9 cm³/mol. The Morgan fingerprint density at radius 3 is 2.00 bits per heavy atom. The Labute approximate surface area is 41.5 Å². The monoisotopic (exact) mass is 118 g/mol. The smallest absolute Gasteiger partial charge is 0.419 e. The zero-order chi connectivity index (χ0) is 3.41. The molecule has 0 saturated carbocycles. The Balaban J connectivity index is 0.